The summed E-state index contributed by atoms with van der Waals surface area (Å²) in [6, 6.07) is 10.5. The lowest BCUT2D eigenvalue weighted by atomic mass is 10.2. The molecular formula is C20H15F6N3O3S. The van der Waals surface area contributed by atoms with E-state index >= 15 is 0 Å². The average Bonchev–Trinajstić information content (AvgIpc) is 2.71. The average molecular weight is 491 g/mol. The smallest absolute Gasteiger partial charge is 0.406 e. The van der Waals surface area contributed by atoms with E-state index in [1.807, 2.05) is 0 Å². The summed E-state index contributed by atoms with van der Waals surface area (Å²) in [7, 11) is -3.50. The molecule has 6 nitrogen and oxygen atoms in total. The minimum absolute atomic E-state index is 0.0190. The molecule has 2 aromatic carbocycles. The van der Waals surface area contributed by atoms with Crippen LogP contribution in [0.15, 0.2) is 59.5 Å². The number of ether oxygens (including phenoxy) is 1. The molecule has 176 valence electrons. The van der Waals surface area contributed by atoms with Crippen LogP contribution in [0, 0.1) is 0 Å². The van der Waals surface area contributed by atoms with Crippen LogP contribution in [-0.2, 0) is 22.6 Å². The van der Waals surface area contributed by atoms with E-state index in [1.54, 1.807) is 0 Å². The summed E-state index contributed by atoms with van der Waals surface area (Å²) in [4.78, 5) is 7.54. The monoisotopic (exact) mass is 491 g/mol. The zero-order chi connectivity index (χ0) is 24.4. The highest BCUT2D eigenvalue weighted by atomic mass is 32.2. The zero-order valence-corrected chi connectivity index (χ0v) is 17.5. The van der Waals surface area contributed by atoms with Gasteiger partial charge < -0.3 is 10.1 Å². The van der Waals surface area contributed by atoms with E-state index < -0.39 is 33.8 Å². The third-order valence-corrected chi connectivity index (χ3v) is 5.32. The fourth-order valence-corrected chi connectivity index (χ4v) is 3.30. The van der Waals surface area contributed by atoms with Gasteiger partial charge in [-0.2, -0.15) is 13.2 Å². The van der Waals surface area contributed by atoms with Gasteiger partial charge in [-0.25, -0.2) is 18.4 Å². The zero-order valence-electron chi connectivity index (χ0n) is 16.7. The molecule has 0 aliphatic carbocycles. The van der Waals surface area contributed by atoms with E-state index in [0.29, 0.717) is 11.6 Å². The summed E-state index contributed by atoms with van der Waals surface area (Å²) in [6.07, 6.45) is -8.63. The van der Waals surface area contributed by atoms with Crippen LogP contribution in [0.2, 0.25) is 0 Å². The molecule has 0 amide bonds. The minimum Gasteiger partial charge on any atom is -0.406 e. The number of halogens is 6. The predicted octanol–water partition coefficient (Wildman–Crippen LogP) is 5.08. The Balaban J connectivity index is 1.85. The third kappa shape index (κ3) is 6.81. The molecule has 1 aromatic heterocycles. The standard InChI is InChI=1S/C20H15F6N3O3S/c1-33(30,31)15-8-4-13(5-9-15)18-28-16(19(21,22)23)10-17(29-18)27-11-12-2-6-14(7-3-12)32-20(24,25)26/h2-10H,11H2,1H3,(H,27,28,29). The van der Waals surface area contributed by atoms with Crippen molar-refractivity contribution in [3.8, 4) is 17.1 Å². The van der Waals surface area contributed by atoms with Crippen LogP contribution in [0.4, 0.5) is 32.2 Å². The molecule has 0 unspecified atom stereocenters. The van der Waals surface area contributed by atoms with Crippen molar-refractivity contribution in [1.82, 2.24) is 9.97 Å². The van der Waals surface area contributed by atoms with Gasteiger partial charge in [-0.15, -0.1) is 13.2 Å². The van der Waals surface area contributed by atoms with Crippen LogP contribution in [0.1, 0.15) is 11.3 Å². The first-order chi connectivity index (χ1) is 15.2. The Morgan fingerprint density at radius 1 is 0.909 bits per heavy atom. The van der Waals surface area contributed by atoms with Crippen LogP contribution in [0.25, 0.3) is 11.4 Å². The first kappa shape index (κ1) is 24.3. The highest BCUT2D eigenvalue weighted by Gasteiger charge is 2.34. The van der Waals surface area contributed by atoms with Gasteiger partial charge >= 0.3 is 12.5 Å². The van der Waals surface area contributed by atoms with Crippen molar-refractivity contribution in [3.05, 3.63) is 65.9 Å². The van der Waals surface area contributed by atoms with Crippen molar-refractivity contribution in [2.24, 2.45) is 0 Å². The second kappa shape index (κ2) is 8.89. The number of anilines is 1. The number of aromatic nitrogens is 2. The van der Waals surface area contributed by atoms with Gasteiger partial charge in [0.15, 0.2) is 21.4 Å². The van der Waals surface area contributed by atoms with Crippen LogP contribution < -0.4 is 10.1 Å². The number of nitrogens with zero attached hydrogens (tertiary/aromatic N) is 2. The van der Waals surface area contributed by atoms with Gasteiger partial charge in [0.1, 0.15) is 11.6 Å². The molecule has 3 rings (SSSR count). The van der Waals surface area contributed by atoms with Gasteiger partial charge in [0.05, 0.1) is 4.90 Å². The van der Waals surface area contributed by atoms with E-state index in [1.165, 1.54) is 36.4 Å². The maximum atomic E-state index is 13.3. The maximum Gasteiger partial charge on any atom is 0.573 e. The fraction of sp³-hybridized carbons (Fsp3) is 0.200. The summed E-state index contributed by atoms with van der Waals surface area (Å²) in [6.45, 7) is -0.0485. The number of hydrogen-bond donors (Lipinski definition) is 1. The number of alkyl halides is 6. The van der Waals surface area contributed by atoms with Crippen molar-refractivity contribution in [1.29, 1.82) is 0 Å². The lowest BCUT2D eigenvalue weighted by molar-refractivity contribution is -0.274. The molecular weight excluding hydrogens is 476 g/mol. The Bertz CT molecular complexity index is 1230. The largest absolute Gasteiger partial charge is 0.573 e. The van der Waals surface area contributed by atoms with Crippen molar-refractivity contribution >= 4 is 15.7 Å². The molecule has 0 saturated heterocycles. The van der Waals surface area contributed by atoms with Crippen LogP contribution in [-0.4, -0.2) is 31.0 Å². The van der Waals surface area contributed by atoms with Gasteiger partial charge in [0.2, 0.25) is 0 Å². The van der Waals surface area contributed by atoms with Crippen LogP contribution in [0.3, 0.4) is 0 Å². The van der Waals surface area contributed by atoms with E-state index in [9.17, 15) is 34.8 Å². The Kier molecular flexibility index (Phi) is 6.54. The molecule has 1 N–H and O–H groups in total. The molecule has 3 aromatic rings. The third-order valence-electron chi connectivity index (χ3n) is 4.19. The molecule has 33 heavy (non-hydrogen) atoms. The normalized spacial score (nSPS) is 12.5. The summed E-state index contributed by atoms with van der Waals surface area (Å²) < 4.78 is 104. The first-order valence-corrected chi connectivity index (χ1v) is 11.0. The van der Waals surface area contributed by atoms with Crippen molar-refractivity contribution < 1.29 is 39.5 Å². The molecule has 0 aliphatic heterocycles. The molecule has 1 heterocycles. The molecule has 0 bridgehead atoms. The summed E-state index contributed by atoms with van der Waals surface area (Å²) >= 11 is 0. The second-order valence-corrected chi connectivity index (χ2v) is 8.82. The number of sulfone groups is 1. The quantitative estimate of drug-likeness (QED) is 0.485. The maximum absolute atomic E-state index is 13.3. The number of hydrogen-bond acceptors (Lipinski definition) is 6. The van der Waals surface area contributed by atoms with E-state index in [0.717, 1.165) is 18.4 Å². The topological polar surface area (TPSA) is 81.2 Å². The van der Waals surface area contributed by atoms with Crippen LogP contribution >= 0.6 is 0 Å². The van der Waals surface area contributed by atoms with Gasteiger partial charge in [-0.3, -0.25) is 0 Å². The number of benzene rings is 2. The Morgan fingerprint density at radius 3 is 2.03 bits per heavy atom. The Hall–Kier alpha value is -3.35. The first-order valence-electron chi connectivity index (χ1n) is 9.06. The highest BCUT2D eigenvalue weighted by Crippen LogP contribution is 2.31. The minimum atomic E-state index is -4.84. The molecule has 0 fully saturated rings. The Labute approximate surface area is 184 Å². The van der Waals surface area contributed by atoms with E-state index in [4.69, 9.17) is 0 Å². The van der Waals surface area contributed by atoms with Gasteiger partial charge in [0, 0.05) is 24.4 Å². The lowest BCUT2D eigenvalue weighted by Crippen LogP contribution is -2.17. The molecule has 0 atom stereocenters. The molecule has 13 heteroatoms. The Morgan fingerprint density at radius 2 is 1.52 bits per heavy atom. The van der Waals surface area contributed by atoms with Crippen molar-refractivity contribution in [2.45, 2.75) is 24.0 Å². The summed E-state index contributed by atoms with van der Waals surface area (Å²) in [5, 5.41) is 2.68. The molecule has 0 spiro atoms. The van der Waals surface area contributed by atoms with Gasteiger partial charge in [0.25, 0.3) is 0 Å². The molecule has 0 saturated carbocycles. The van der Waals surface area contributed by atoms with Crippen molar-refractivity contribution in [2.75, 3.05) is 11.6 Å². The lowest BCUT2D eigenvalue weighted by Gasteiger charge is -2.13. The summed E-state index contributed by atoms with van der Waals surface area (Å²) in [5.41, 5.74) is -0.614. The highest BCUT2D eigenvalue weighted by molar-refractivity contribution is 7.90. The molecule has 0 radical (unpaired) electrons. The van der Waals surface area contributed by atoms with Gasteiger partial charge in [-0.1, -0.05) is 12.1 Å². The van der Waals surface area contributed by atoms with E-state index in [-0.39, 0.29) is 28.6 Å². The van der Waals surface area contributed by atoms with Gasteiger partial charge in [-0.05, 0) is 42.0 Å². The SMILES string of the molecule is CS(=O)(=O)c1ccc(-c2nc(NCc3ccc(OC(F)(F)F)cc3)cc(C(F)(F)F)n2)cc1. The number of rotatable bonds is 6. The predicted molar refractivity (Wildman–Crippen MR) is 106 cm³/mol. The summed E-state index contributed by atoms with van der Waals surface area (Å²) in [5.74, 6) is -0.913. The van der Waals surface area contributed by atoms with E-state index in [2.05, 4.69) is 20.0 Å². The molecule has 0 aliphatic rings. The van der Waals surface area contributed by atoms with Crippen LogP contribution in [0.5, 0.6) is 5.75 Å². The second-order valence-electron chi connectivity index (χ2n) is 6.80. The van der Waals surface area contributed by atoms with Crippen molar-refractivity contribution in [3.63, 3.8) is 0 Å². The number of nitrogens with one attached hydrogen (secondary N) is 1. The fourth-order valence-electron chi connectivity index (χ4n) is 2.66.